The van der Waals surface area contributed by atoms with Crippen molar-refractivity contribution in [3.63, 3.8) is 0 Å². The van der Waals surface area contributed by atoms with E-state index < -0.39 is 0 Å². The fourth-order valence-corrected chi connectivity index (χ4v) is 2.95. The molecule has 3 N–H and O–H groups in total. The lowest BCUT2D eigenvalue weighted by molar-refractivity contribution is -0.118. The zero-order chi connectivity index (χ0) is 19.2. The summed E-state index contributed by atoms with van der Waals surface area (Å²) in [5, 5.41) is 8.72. The number of benzene rings is 1. The Morgan fingerprint density at radius 1 is 1.22 bits per heavy atom. The van der Waals surface area contributed by atoms with Crippen molar-refractivity contribution in [1.29, 1.82) is 0 Å². The van der Waals surface area contributed by atoms with E-state index in [0.717, 1.165) is 31.4 Å². The number of anilines is 1. The first-order valence-electron chi connectivity index (χ1n) is 9.07. The number of rotatable bonds is 5. The Morgan fingerprint density at radius 2 is 2.07 bits per heavy atom. The highest BCUT2D eigenvalue weighted by molar-refractivity contribution is 5.95. The molecule has 1 aromatic carbocycles. The topological polar surface area (TPSA) is 92.4 Å². The maximum atomic E-state index is 12.4. The van der Waals surface area contributed by atoms with Crippen LogP contribution in [0.5, 0.6) is 11.5 Å². The number of hydrogen-bond donors (Lipinski definition) is 3. The predicted octanol–water partition coefficient (Wildman–Crippen LogP) is 2.62. The van der Waals surface area contributed by atoms with Crippen molar-refractivity contribution < 1.29 is 14.3 Å². The minimum absolute atomic E-state index is 0.0321. The predicted molar refractivity (Wildman–Crippen MR) is 103 cm³/mol. The van der Waals surface area contributed by atoms with E-state index in [1.807, 2.05) is 19.1 Å². The number of pyridine rings is 1. The van der Waals surface area contributed by atoms with E-state index in [4.69, 9.17) is 4.74 Å². The van der Waals surface area contributed by atoms with Crippen LogP contribution >= 0.6 is 0 Å². The summed E-state index contributed by atoms with van der Waals surface area (Å²) in [6.07, 6.45) is 4.54. The van der Waals surface area contributed by atoms with E-state index in [1.165, 1.54) is 6.20 Å². The van der Waals surface area contributed by atoms with Gasteiger partial charge in [0.25, 0.3) is 5.91 Å². The molecule has 0 spiro atoms. The van der Waals surface area contributed by atoms with Crippen LogP contribution in [0.2, 0.25) is 0 Å². The third kappa shape index (κ3) is 4.83. The summed E-state index contributed by atoms with van der Waals surface area (Å²) in [5.74, 6) is 0.802. The number of amides is 2. The Morgan fingerprint density at radius 3 is 2.81 bits per heavy atom. The average Bonchev–Trinajstić information content (AvgIpc) is 2.70. The van der Waals surface area contributed by atoms with Gasteiger partial charge >= 0.3 is 0 Å². The largest absolute Gasteiger partial charge is 0.457 e. The molecular formula is C20H24N4O3. The number of ether oxygens (including phenoxy) is 1. The summed E-state index contributed by atoms with van der Waals surface area (Å²) in [7, 11) is 1.55. The lowest BCUT2D eigenvalue weighted by atomic mass is 10.0. The SMILES string of the molecule is CNC(=O)c1cc(Oc2cc(NC(=O)[C@H]3CCCCN3)ccc2C)ccn1. The molecule has 0 bridgehead atoms. The minimum Gasteiger partial charge on any atom is -0.457 e. The van der Waals surface area contributed by atoms with Gasteiger partial charge in [0.05, 0.1) is 6.04 Å². The molecule has 2 amide bonds. The normalized spacial score (nSPS) is 16.4. The molecule has 1 aliphatic rings. The van der Waals surface area contributed by atoms with Crippen LogP contribution < -0.4 is 20.7 Å². The Balaban J connectivity index is 1.73. The molecule has 27 heavy (non-hydrogen) atoms. The van der Waals surface area contributed by atoms with Gasteiger partial charge in [0.1, 0.15) is 17.2 Å². The molecule has 7 heteroatoms. The molecule has 0 radical (unpaired) electrons. The lowest BCUT2D eigenvalue weighted by Crippen LogP contribution is -2.43. The molecule has 1 saturated heterocycles. The highest BCUT2D eigenvalue weighted by atomic mass is 16.5. The van der Waals surface area contributed by atoms with Gasteiger partial charge in [-0.15, -0.1) is 0 Å². The number of nitrogens with one attached hydrogen (secondary N) is 3. The summed E-state index contributed by atoms with van der Waals surface area (Å²) in [5.41, 5.74) is 1.87. The van der Waals surface area contributed by atoms with Crippen LogP contribution in [0, 0.1) is 6.92 Å². The van der Waals surface area contributed by atoms with Crippen molar-refractivity contribution in [1.82, 2.24) is 15.6 Å². The van der Waals surface area contributed by atoms with Gasteiger partial charge in [-0.25, -0.2) is 0 Å². The summed E-state index contributed by atoms with van der Waals surface area (Å²) >= 11 is 0. The highest BCUT2D eigenvalue weighted by Gasteiger charge is 2.20. The van der Waals surface area contributed by atoms with Crippen LogP contribution in [-0.4, -0.2) is 36.4 Å². The molecular weight excluding hydrogens is 344 g/mol. The quantitative estimate of drug-likeness (QED) is 0.754. The molecule has 0 saturated carbocycles. The highest BCUT2D eigenvalue weighted by Crippen LogP contribution is 2.28. The molecule has 0 unspecified atom stereocenters. The van der Waals surface area contributed by atoms with Crippen molar-refractivity contribution in [3.05, 3.63) is 47.8 Å². The molecule has 7 nitrogen and oxygen atoms in total. The maximum absolute atomic E-state index is 12.4. The monoisotopic (exact) mass is 368 g/mol. The number of carbonyl (C=O) groups excluding carboxylic acids is 2. The molecule has 1 atom stereocenters. The first-order valence-corrected chi connectivity index (χ1v) is 9.07. The van der Waals surface area contributed by atoms with Gasteiger partial charge in [-0.2, -0.15) is 0 Å². The number of carbonyl (C=O) groups is 2. The Bertz CT molecular complexity index is 832. The Hall–Kier alpha value is -2.93. The van der Waals surface area contributed by atoms with Crippen LogP contribution in [0.3, 0.4) is 0 Å². The summed E-state index contributed by atoms with van der Waals surface area (Å²) in [4.78, 5) is 28.2. The molecule has 2 aromatic rings. The van der Waals surface area contributed by atoms with E-state index >= 15 is 0 Å². The first kappa shape index (κ1) is 18.8. The number of piperidine rings is 1. The fourth-order valence-electron chi connectivity index (χ4n) is 2.95. The van der Waals surface area contributed by atoms with E-state index in [9.17, 15) is 9.59 Å². The molecule has 1 aromatic heterocycles. The van der Waals surface area contributed by atoms with Crippen molar-refractivity contribution in [3.8, 4) is 11.5 Å². The Kier molecular flexibility index (Phi) is 6.03. The number of nitrogens with zero attached hydrogens (tertiary/aromatic N) is 1. The van der Waals surface area contributed by atoms with E-state index in [1.54, 1.807) is 25.2 Å². The van der Waals surface area contributed by atoms with Crippen LogP contribution in [0.1, 0.15) is 35.3 Å². The average molecular weight is 368 g/mol. The van der Waals surface area contributed by atoms with Crippen molar-refractivity contribution in [2.45, 2.75) is 32.2 Å². The second kappa shape index (κ2) is 8.64. The third-order valence-corrected chi connectivity index (χ3v) is 4.50. The van der Waals surface area contributed by atoms with Gasteiger partial charge in [-0.1, -0.05) is 12.5 Å². The zero-order valence-corrected chi connectivity index (χ0v) is 15.5. The lowest BCUT2D eigenvalue weighted by Gasteiger charge is -2.22. The summed E-state index contributed by atoms with van der Waals surface area (Å²) in [6, 6.07) is 8.64. The van der Waals surface area contributed by atoms with E-state index in [0.29, 0.717) is 17.2 Å². The van der Waals surface area contributed by atoms with Crippen LogP contribution in [0.4, 0.5) is 5.69 Å². The van der Waals surface area contributed by atoms with Crippen molar-refractivity contribution in [2.75, 3.05) is 18.9 Å². The molecule has 2 heterocycles. The molecule has 0 aliphatic carbocycles. The van der Waals surface area contributed by atoms with E-state index in [-0.39, 0.29) is 23.6 Å². The van der Waals surface area contributed by atoms with Crippen molar-refractivity contribution in [2.24, 2.45) is 0 Å². The van der Waals surface area contributed by atoms with E-state index in [2.05, 4.69) is 20.9 Å². The molecule has 1 aliphatic heterocycles. The van der Waals surface area contributed by atoms with Gasteiger partial charge in [0, 0.05) is 31.1 Å². The zero-order valence-electron chi connectivity index (χ0n) is 15.5. The molecule has 142 valence electrons. The fraction of sp³-hybridized carbons (Fsp3) is 0.350. The molecule has 1 fully saturated rings. The van der Waals surface area contributed by atoms with Gasteiger partial charge in [-0.05, 0) is 44.0 Å². The van der Waals surface area contributed by atoms with Crippen LogP contribution in [0.15, 0.2) is 36.5 Å². The Labute approximate surface area is 158 Å². The van der Waals surface area contributed by atoms with Gasteiger partial charge in [0.15, 0.2) is 0 Å². The molecule has 3 rings (SSSR count). The van der Waals surface area contributed by atoms with Crippen LogP contribution in [0.25, 0.3) is 0 Å². The first-order chi connectivity index (χ1) is 13.1. The van der Waals surface area contributed by atoms with Gasteiger partial charge in [-0.3, -0.25) is 14.6 Å². The number of aryl methyl sites for hydroxylation is 1. The van der Waals surface area contributed by atoms with Gasteiger partial charge in [0.2, 0.25) is 5.91 Å². The standard InChI is InChI=1S/C20H24N4O3/c1-13-6-7-14(24-20(26)16-5-3-4-9-22-16)11-18(13)27-15-8-10-23-17(12-15)19(25)21-2/h6-8,10-12,16,22H,3-5,9H2,1-2H3,(H,21,25)(H,24,26)/t16-/m1/s1. The maximum Gasteiger partial charge on any atom is 0.269 e. The summed E-state index contributed by atoms with van der Waals surface area (Å²) < 4.78 is 5.93. The number of hydrogen-bond acceptors (Lipinski definition) is 5. The smallest absolute Gasteiger partial charge is 0.269 e. The second-order valence-electron chi connectivity index (χ2n) is 6.53. The second-order valence-corrected chi connectivity index (χ2v) is 6.53. The number of aromatic nitrogens is 1. The third-order valence-electron chi connectivity index (χ3n) is 4.50. The summed E-state index contributed by atoms with van der Waals surface area (Å²) in [6.45, 7) is 2.79. The van der Waals surface area contributed by atoms with Crippen molar-refractivity contribution >= 4 is 17.5 Å². The van der Waals surface area contributed by atoms with Gasteiger partial charge < -0.3 is 20.7 Å². The minimum atomic E-state index is -0.279. The van der Waals surface area contributed by atoms with Crippen LogP contribution in [-0.2, 0) is 4.79 Å².